The number of para-hydroxylation sites is 2. The van der Waals surface area contributed by atoms with Crippen molar-refractivity contribution in [2.24, 2.45) is 0 Å². The van der Waals surface area contributed by atoms with Gasteiger partial charge in [0.05, 0.1) is 0 Å². The molecule has 0 unspecified atom stereocenters. The summed E-state index contributed by atoms with van der Waals surface area (Å²) in [4.78, 5) is 14.9. The van der Waals surface area contributed by atoms with Crippen molar-refractivity contribution in [3.63, 3.8) is 0 Å². The molecule has 0 atom stereocenters. The zero-order valence-corrected chi connectivity index (χ0v) is 27.0. The molecule has 51 heavy (non-hydrogen) atoms. The van der Waals surface area contributed by atoms with Crippen LogP contribution in [0.3, 0.4) is 0 Å². The summed E-state index contributed by atoms with van der Waals surface area (Å²) in [6, 6.07) is 51.2. The monoisotopic (exact) mass is 655 g/mol. The van der Waals surface area contributed by atoms with E-state index in [2.05, 4.69) is 60.7 Å². The van der Waals surface area contributed by atoms with Crippen LogP contribution in [0.1, 0.15) is 0 Å². The Morgan fingerprint density at radius 2 is 0.647 bits per heavy atom. The SMILES string of the molecule is c1ccc(-c2nc(-c3ccc4c(c3)oc3ccc(-c5ccc6c(c5)oc5ccccc56)cc34)nc(-c3ccc4oc5ccccc5c4c3)n2)cc1. The lowest BCUT2D eigenvalue weighted by molar-refractivity contribution is 0.668. The number of fused-ring (bicyclic) bond motifs is 9. The number of hydrogen-bond donors (Lipinski definition) is 0. The highest BCUT2D eigenvalue weighted by Gasteiger charge is 2.17. The van der Waals surface area contributed by atoms with Crippen LogP contribution in [-0.4, -0.2) is 15.0 Å². The van der Waals surface area contributed by atoms with Gasteiger partial charge in [0, 0.05) is 49.0 Å². The van der Waals surface area contributed by atoms with Crippen LogP contribution in [0.25, 0.3) is 111 Å². The van der Waals surface area contributed by atoms with E-state index in [1.54, 1.807) is 0 Å². The van der Waals surface area contributed by atoms with Gasteiger partial charge in [-0.2, -0.15) is 0 Å². The molecular formula is C45H25N3O3. The highest BCUT2D eigenvalue weighted by Crippen LogP contribution is 2.38. The molecule has 238 valence electrons. The average Bonchev–Trinajstić information content (AvgIpc) is 3.88. The molecule has 4 aromatic heterocycles. The third-order valence-electron chi connectivity index (χ3n) is 9.74. The van der Waals surface area contributed by atoms with E-state index >= 15 is 0 Å². The second-order valence-corrected chi connectivity index (χ2v) is 12.8. The third kappa shape index (κ3) is 4.47. The van der Waals surface area contributed by atoms with Crippen LogP contribution in [0.5, 0.6) is 0 Å². The Morgan fingerprint density at radius 3 is 1.33 bits per heavy atom. The summed E-state index contributed by atoms with van der Waals surface area (Å²) >= 11 is 0. The summed E-state index contributed by atoms with van der Waals surface area (Å²) in [5, 5.41) is 6.38. The maximum Gasteiger partial charge on any atom is 0.164 e. The van der Waals surface area contributed by atoms with Crippen LogP contribution in [0.4, 0.5) is 0 Å². The molecule has 11 rings (SSSR count). The van der Waals surface area contributed by atoms with E-state index in [0.717, 1.165) is 93.6 Å². The second kappa shape index (κ2) is 10.7. The Balaban J connectivity index is 1.02. The lowest BCUT2D eigenvalue weighted by Gasteiger charge is -2.08. The van der Waals surface area contributed by atoms with Gasteiger partial charge in [-0.3, -0.25) is 0 Å². The van der Waals surface area contributed by atoms with Crippen LogP contribution in [0.2, 0.25) is 0 Å². The predicted octanol–water partition coefficient (Wildman–Crippen LogP) is 12.2. The molecule has 0 aliphatic heterocycles. The van der Waals surface area contributed by atoms with Gasteiger partial charge < -0.3 is 13.3 Å². The number of hydrogen-bond acceptors (Lipinski definition) is 6. The van der Waals surface area contributed by atoms with Gasteiger partial charge in [-0.05, 0) is 77.9 Å². The molecule has 0 bridgehead atoms. The number of benzene rings is 7. The van der Waals surface area contributed by atoms with Crippen molar-refractivity contribution in [1.29, 1.82) is 0 Å². The highest BCUT2D eigenvalue weighted by atomic mass is 16.3. The Labute approximate surface area is 290 Å². The first-order chi connectivity index (χ1) is 25.2. The molecular weight excluding hydrogens is 631 g/mol. The fourth-order valence-corrected chi connectivity index (χ4v) is 7.22. The Morgan fingerprint density at radius 1 is 0.255 bits per heavy atom. The Kier molecular flexibility index (Phi) is 5.86. The van der Waals surface area contributed by atoms with E-state index in [1.807, 2.05) is 91.0 Å². The zero-order valence-electron chi connectivity index (χ0n) is 27.0. The molecule has 0 aliphatic carbocycles. The topological polar surface area (TPSA) is 78.1 Å². The van der Waals surface area contributed by atoms with Crippen LogP contribution >= 0.6 is 0 Å². The summed E-state index contributed by atoms with van der Waals surface area (Å²) in [6.07, 6.45) is 0. The van der Waals surface area contributed by atoms with Crippen molar-refractivity contribution >= 4 is 65.8 Å². The van der Waals surface area contributed by atoms with Gasteiger partial charge in [0.2, 0.25) is 0 Å². The number of nitrogens with zero attached hydrogens (tertiary/aromatic N) is 3. The molecule has 6 nitrogen and oxygen atoms in total. The lowest BCUT2D eigenvalue weighted by Crippen LogP contribution is -2.00. The quantitative estimate of drug-likeness (QED) is 0.188. The van der Waals surface area contributed by atoms with Crippen LogP contribution < -0.4 is 0 Å². The Hall–Kier alpha value is -7.05. The molecule has 0 saturated heterocycles. The van der Waals surface area contributed by atoms with Gasteiger partial charge in [0.15, 0.2) is 17.5 Å². The van der Waals surface area contributed by atoms with Gasteiger partial charge in [-0.1, -0.05) is 84.9 Å². The molecule has 0 aliphatic rings. The molecule has 0 N–H and O–H groups in total. The summed E-state index contributed by atoms with van der Waals surface area (Å²) in [5.74, 6) is 1.75. The van der Waals surface area contributed by atoms with Crippen LogP contribution in [0, 0.1) is 0 Å². The summed E-state index contributed by atoms with van der Waals surface area (Å²) in [5.41, 5.74) is 9.84. The number of furan rings is 3. The van der Waals surface area contributed by atoms with Crippen molar-refractivity contribution in [2.45, 2.75) is 0 Å². The maximum absolute atomic E-state index is 6.43. The average molecular weight is 656 g/mol. The van der Waals surface area contributed by atoms with E-state index in [0.29, 0.717) is 17.5 Å². The maximum atomic E-state index is 6.43. The van der Waals surface area contributed by atoms with E-state index < -0.39 is 0 Å². The minimum atomic E-state index is 0.568. The fraction of sp³-hybridized carbons (Fsp3) is 0. The van der Waals surface area contributed by atoms with Crippen molar-refractivity contribution in [2.75, 3.05) is 0 Å². The first kappa shape index (κ1) is 27.9. The van der Waals surface area contributed by atoms with E-state index in [4.69, 9.17) is 28.2 Å². The number of rotatable bonds is 4. The number of aromatic nitrogens is 3. The Bertz CT molecular complexity index is 3150. The van der Waals surface area contributed by atoms with Gasteiger partial charge in [-0.15, -0.1) is 0 Å². The summed E-state index contributed by atoms with van der Waals surface area (Å²) in [7, 11) is 0. The smallest absolute Gasteiger partial charge is 0.164 e. The lowest BCUT2D eigenvalue weighted by atomic mass is 10.0. The molecule has 7 aromatic carbocycles. The van der Waals surface area contributed by atoms with Gasteiger partial charge in [-0.25, -0.2) is 15.0 Å². The first-order valence-corrected chi connectivity index (χ1v) is 16.8. The highest BCUT2D eigenvalue weighted by molar-refractivity contribution is 6.09. The summed E-state index contributed by atoms with van der Waals surface area (Å²) in [6.45, 7) is 0. The molecule has 0 spiro atoms. The fourth-order valence-electron chi connectivity index (χ4n) is 7.22. The second-order valence-electron chi connectivity index (χ2n) is 12.8. The van der Waals surface area contributed by atoms with E-state index in [-0.39, 0.29) is 0 Å². The minimum absolute atomic E-state index is 0.568. The molecule has 4 heterocycles. The van der Waals surface area contributed by atoms with E-state index in [9.17, 15) is 0 Å². The molecule has 0 amide bonds. The zero-order chi connectivity index (χ0) is 33.5. The van der Waals surface area contributed by atoms with E-state index in [1.165, 1.54) is 0 Å². The van der Waals surface area contributed by atoms with Crippen molar-refractivity contribution < 1.29 is 13.3 Å². The molecule has 11 aromatic rings. The van der Waals surface area contributed by atoms with Gasteiger partial charge in [0.1, 0.15) is 33.5 Å². The van der Waals surface area contributed by atoms with Crippen molar-refractivity contribution in [1.82, 2.24) is 15.0 Å². The normalized spacial score (nSPS) is 11.9. The van der Waals surface area contributed by atoms with Crippen LogP contribution in [-0.2, 0) is 0 Å². The first-order valence-electron chi connectivity index (χ1n) is 16.8. The molecule has 0 saturated carbocycles. The largest absolute Gasteiger partial charge is 0.456 e. The van der Waals surface area contributed by atoms with Crippen LogP contribution in [0.15, 0.2) is 165 Å². The van der Waals surface area contributed by atoms with Gasteiger partial charge >= 0.3 is 0 Å². The standard InChI is InChI=1S/C45H25N3O3/c1-2-8-26(9-3-1)43-46-44(29-17-21-39-36(23-29)32-11-5-7-13-38(32)49-39)48-45(47-43)30-15-19-34-35-22-27(16-20-40(35)51-42(34)25-30)28-14-18-33-31-10-4-6-12-37(31)50-41(33)24-28/h1-25H. The predicted molar refractivity (Wildman–Crippen MR) is 203 cm³/mol. The minimum Gasteiger partial charge on any atom is -0.456 e. The molecule has 0 fully saturated rings. The van der Waals surface area contributed by atoms with Crippen molar-refractivity contribution in [3.05, 3.63) is 152 Å². The third-order valence-corrected chi connectivity index (χ3v) is 9.74. The van der Waals surface area contributed by atoms with Crippen molar-refractivity contribution in [3.8, 4) is 45.3 Å². The van der Waals surface area contributed by atoms with Gasteiger partial charge in [0.25, 0.3) is 0 Å². The summed E-state index contributed by atoms with van der Waals surface area (Å²) < 4.78 is 18.7. The molecule has 0 radical (unpaired) electrons. The molecule has 6 heteroatoms.